The topological polar surface area (TPSA) is 68.0 Å². The van der Waals surface area contributed by atoms with Crippen molar-refractivity contribution in [1.82, 2.24) is 10.3 Å². The number of benzene rings is 1. The minimum Gasteiger partial charge on any atom is -0.352 e. The van der Waals surface area contributed by atoms with E-state index in [9.17, 15) is 9.18 Å². The van der Waals surface area contributed by atoms with Gasteiger partial charge in [0.2, 0.25) is 5.91 Å². The van der Waals surface area contributed by atoms with Crippen molar-refractivity contribution in [3.05, 3.63) is 51.7 Å². The SMILES string of the molecule is CC(N)c1nc(CC(=O)NCc2ccccc2F)cs1. The van der Waals surface area contributed by atoms with Gasteiger partial charge in [0.1, 0.15) is 10.8 Å². The fourth-order valence-electron chi connectivity index (χ4n) is 1.68. The molecule has 4 nitrogen and oxygen atoms in total. The summed E-state index contributed by atoms with van der Waals surface area (Å²) in [6.07, 6.45) is 0.178. The molecule has 2 aromatic rings. The van der Waals surface area contributed by atoms with Crippen molar-refractivity contribution >= 4 is 17.2 Å². The number of nitrogens with zero attached hydrogens (tertiary/aromatic N) is 1. The molecule has 1 heterocycles. The monoisotopic (exact) mass is 293 g/mol. The molecule has 0 aliphatic carbocycles. The number of amides is 1. The van der Waals surface area contributed by atoms with Gasteiger partial charge in [0, 0.05) is 17.5 Å². The van der Waals surface area contributed by atoms with Gasteiger partial charge in [-0.05, 0) is 13.0 Å². The van der Waals surface area contributed by atoms with Crippen LogP contribution in [0.4, 0.5) is 4.39 Å². The van der Waals surface area contributed by atoms with E-state index in [1.54, 1.807) is 18.2 Å². The molecule has 106 valence electrons. The average molecular weight is 293 g/mol. The van der Waals surface area contributed by atoms with Gasteiger partial charge in [0.15, 0.2) is 0 Å². The van der Waals surface area contributed by atoms with Gasteiger partial charge in [-0.15, -0.1) is 11.3 Å². The van der Waals surface area contributed by atoms with Crippen molar-refractivity contribution in [3.8, 4) is 0 Å². The van der Waals surface area contributed by atoms with Gasteiger partial charge < -0.3 is 11.1 Å². The van der Waals surface area contributed by atoms with Gasteiger partial charge in [-0.2, -0.15) is 0 Å². The minimum absolute atomic E-state index is 0.129. The van der Waals surface area contributed by atoms with Crippen molar-refractivity contribution in [2.45, 2.75) is 25.9 Å². The van der Waals surface area contributed by atoms with E-state index in [2.05, 4.69) is 10.3 Å². The second-order valence-electron chi connectivity index (χ2n) is 4.51. The van der Waals surface area contributed by atoms with E-state index in [0.717, 1.165) is 5.01 Å². The Bertz CT molecular complexity index is 598. The summed E-state index contributed by atoms with van der Waals surface area (Å²) in [6.45, 7) is 2.02. The summed E-state index contributed by atoms with van der Waals surface area (Å²) in [5.41, 5.74) is 6.87. The van der Waals surface area contributed by atoms with Crippen LogP contribution < -0.4 is 11.1 Å². The highest BCUT2D eigenvalue weighted by Crippen LogP contribution is 2.16. The number of aromatic nitrogens is 1. The lowest BCUT2D eigenvalue weighted by Crippen LogP contribution is -2.25. The number of hydrogen-bond donors (Lipinski definition) is 2. The molecule has 2 rings (SSSR count). The maximum atomic E-state index is 13.4. The second-order valence-corrected chi connectivity index (χ2v) is 5.40. The zero-order valence-electron chi connectivity index (χ0n) is 11.1. The van der Waals surface area contributed by atoms with Crippen LogP contribution in [0.5, 0.6) is 0 Å². The van der Waals surface area contributed by atoms with Crippen LogP contribution in [0, 0.1) is 5.82 Å². The van der Waals surface area contributed by atoms with Crippen molar-refractivity contribution in [2.24, 2.45) is 5.73 Å². The van der Waals surface area contributed by atoms with Crippen molar-refractivity contribution in [2.75, 3.05) is 0 Å². The standard InChI is InChI=1S/C14H16FN3OS/c1-9(16)14-18-11(8-20-14)6-13(19)17-7-10-4-2-3-5-12(10)15/h2-5,8-9H,6-7,16H2,1H3,(H,17,19). The highest BCUT2D eigenvalue weighted by atomic mass is 32.1. The third kappa shape index (κ3) is 3.85. The lowest BCUT2D eigenvalue weighted by molar-refractivity contribution is -0.120. The molecule has 0 saturated carbocycles. The van der Waals surface area contributed by atoms with Crippen LogP contribution in [0.25, 0.3) is 0 Å². The van der Waals surface area contributed by atoms with Crippen molar-refractivity contribution in [1.29, 1.82) is 0 Å². The van der Waals surface area contributed by atoms with E-state index in [4.69, 9.17) is 5.73 Å². The number of carbonyl (C=O) groups is 1. The fourth-order valence-corrected chi connectivity index (χ4v) is 2.45. The smallest absolute Gasteiger partial charge is 0.226 e. The predicted octanol–water partition coefficient (Wildman–Crippen LogP) is 2.16. The summed E-state index contributed by atoms with van der Waals surface area (Å²) in [5.74, 6) is -0.504. The molecule has 1 aromatic heterocycles. The molecule has 1 unspecified atom stereocenters. The Balaban J connectivity index is 1.88. The first kappa shape index (κ1) is 14.6. The Hall–Kier alpha value is -1.79. The van der Waals surface area contributed by atoms with E-state index in [1.807, 2.05) is 12.3 Å². The molecule has 0 spiro atoms. The number of carbonyl (C=O) groups excluding carboxylic acids is 1. The number of hydrogen-bond acceptors (Lipinski definition) is 4. The normalized spacial score (nSPS) is 12.2. The van der Waals surface area contributed by atoms with Crippen LogP contribution in [0.3, 0.4) is 0 Å². The second kappa shape index (κ2) is 6.58. The Kier molecular flexibility index (Phi) is 4.81. The number of rotatable bonds is 5. The minimum atomic E-state index is -0.319. The third-order valence-electron chi connectivity index (χ3n) is 2.73. The molecule has 1 atom stereocenters. The van der Waals surface area contributed by atoms with Gasteiger partial charge in [0.25, 0.3) is 0 Å². The number of thiazole rings is 1. The molecule has 0 aliphatic rings. The first-order chi connectivity index (χ1) is 9.56. The summed E-state index contributed by atoms with van der Waals surface area (Å²) < 4.78 is 13.4. The summed E-state index contributed by atoms with van der Waals surface area (Å²) in [7, 11) is 0. The molecule has 3 N–H and O–H groups in total. The molecular weight excluding hydrogens is 277 g/mol. The highest BCUT2D eigenvalue weighted by Gasteiger charge is 2.10. The summed E-state index contributed by atoms with van der Waals surface area (Å²) in [4.78, 5) is 16.1. The molecule has 0 fully saturated rings. The van der Waals surface area contributed by atoms with E-state index < -0.39 is 0 Å². The van der Waals surface area contributed by atoms with Crippen LogP contribution in [0.2, 0.25) is 0 Å². The summed E-state index contributed by atoms with van der Waals surface area (Å²) >= 11 is 1.44. The largest absolute Gasteiger partial charge is 0.352 e. The lowest BCUT2D eigenvalue weighted by atomic mass is 10.2. The van der Waals surface area contributed by atoms with Crippen LogP contribution in [-0.2, 0) is 17.8 Å². The quantitative estimate of drug-likeness (QED) is 0.887. The molecule has 1 aromatic carbocycles. The Morgan fingerprint density at radius 2 is 2.25 bits per heavy atom. The van der Waals surface area contributed by atoms with E-state index in [-0.39, 0.29) is 30.7 Å². The summed E-state index contributed by atoms with van der Waals surface area (Å²) in [6, 6.07) is 6.24. The molecule has 0 saturated heterocycles. The zero-order valence-corrected chi connectivity index (χ0v) is 11.9. The molecule has 20 heavy (non-hydrogen) atoms. The Morgan fingerprint density at radius 3 is 2.90 bits per heavy atom. The first-order valence-electron chi connectivity index (χ1n) is 6.26. The number of halogens is 1. The third-order valence-corrected chi connectivity index (χ3v) is 3.83. The van der Waals surface area contributed by atoms with Gasteiger partial charge >= 0.3 is 0 Å². The van der Waals surface area contributed by atoms with Gasteiger partial charge in [0.05, 0.1) is 18.2 Å². The van der Waals surface area contributed by atoms with E-state index in [1.165, 1.54) is 17.4 Å². The highest BCUT2D eigenvalue weighted by molar-refractivity contribution is 7.09. The van der Waals surface area contributed by atoms with Crippen LogP contribution in [-0.4, -0.2) is 10.9 Å². The molecule has 0 bridgehead atoms. The average Bonchev–Trinajstić information content (AvgIpc) is 2.86. The van der Waals surface area contributed by atoms with Gasteiger partial charge in [-0.1, -0.05) is 18.2 Å². The van der Waals surface area contributed by atoms with Crippen LogP contribution in [0.15, 0.2) is 29.6 Å². The zero-order chi connectivity index (χ0) is 14.5. The predicted molar refractivity (Wildman–Crippen MR) is 76.7 cm³/mol. The van der Waals surface area contributed by atoms with Gasteiger partial charge in [-0.25, -0.2) is 9.37 Å². The molecular formula is C14H16FN3OS. The van der Waals surface area contributed by atoms with Crippen LogP contribution >= 0.6 is 11.3 Å². The van der Waals surface area contributed by atoms with E-state index >= 15 is 0 Å². The fraction of sp³-hybridized carbons (Fsp3) is 0.286. The number of nitrogens with one attached hydrogen (secondary N) is 1. The molecule has 0 radical (unpaired) electrons. The Morgan fingerprint density at radius 1 is 1.50 bits per heavy atom. The van der Waals surface area contributed by atoms with Crippen LogP contribution in [0.1, 0.15) is 29.2 Å². The first-order valence-corrected chi connectivity index (χ1v) is 7.14. The van der Waals surface area contributed by atoms with Gasteiger partial charge in [-0.3, -0.25) is 4.79 Å². The molecule has 1 amide bonds. The molecule has 6 heteroatoms. The van der Waals surface area contributed by atoms with Crippen molar-refractivity contribution < 1.29 is 9.18 Å². The molecule has 0 aliphatic heterocycles. The Labute approximate surface area is 120 Å². The number of nitrogens with two attached hydrogens (primary N) is 1. The van der Waals surface area contributed by atoms with Crippen molar-refractivity contribution in [3.63, 3.8) is 0 Å². The maximum absolute atomic E-state index is 13.4. The summed E-state index contributed by atoms with van der Waals surface area (Å²) in [5, 5.41) is 5.31. The van der Waals surface area contributed by atoms with E-state index in [0.29, 0.717) is 11.3 Å². The lowest BCUT2D eigenvalue weighted by Gasteiger charge is -2.05. The maximum Gasteiger partial charge on any atom is 0.226 e.